The van der Waals surface area contributed by atoms with Gasteiger partial charge >= 0.3 is 0 Å². The molecule has 0 amide bonds. The molecule has 0 unspecified atom stereocenters. The summed E-state index contributed by atoms with van der Waals surface area (Å²) in [5.74, 6) is 0.833. The minimum atomic E-state index is 0.726. The smallest absolute Gasteiger partial charge is 0.191 e. The van der Waals surface area contributed by atoms with Gasteiger partial charge in [-0.25, -0.2) is 4.98 Å². The molecule has 108 valence electrons. The SMILES string of the molecule is CCN(CC)CCNC(=NC)NCc1ncc(C)s1. The number of rotatable bonds is 7. The van der Waals surface area contributed by atoms with E-state index in [0.29, 0.717) is 0 Å². The fourth-order valence-corrected chi connectivity index (χ4v) is 2.46. The first-order valence-corrected chi connectivity index (χ1v) is 7.59. The Kier molecular flexibility index (Phi) is 7.43. The molecule has 5 nitrogen and oxygen atoms in total. The molecular weight excluding hydrogens is 258 g/mol. The highest BCUT2D eigenvalue weighted by Gasteiger charge is 2.02. The van der Waals surface area contributed by atoms with Gasteiger partial charge in [-0.3, -0.25) is 4.99 Å². The van der Waals surface area contributed by atoms with Crippen molar-refractivity contribution in [2.75, 3.05) is 33.2 Å². The number of hydrogen-bond acceptors (Lipinski definition) is 4. The maximum Gasteiger partial charge on any atom is 0.191 e. The van der Waals surface area contributed by atoms with Crippen molar-refractivity contribution < 1.29 is 0 Å². The van der Waals surface area contributed by atoms with Crippen molar-refractivity contribution in [1.82, 2.24) is 20.5 Å². The summed E-state index contributed by atoms with van der Waals surface area (Å²) in [6, 6.07) is 0. The number of aliphatic imine (C=N–C) groups is 1. The number of aromatic nitrogens is 1. The van der Waals surface area contributed by atoms with Crippen LogP contribution in [0.3, 0.4) is 0 Å². The van der Waals surface area contributed by atoms with Gasteiger partial charge in [-0.2, -0.15) is 0 Å². The van der Waals surface area contributed by atoms with E-state index in [0.717, 1.165) is 43.7 Å². The van der Waals surface area contributed by atoms with Crippen LogP contribution in [0.5, 0.6) is 0 Å². The largest absolute Gasteiger partial charge is 0.355 e. The van der Waals surface area contributed by atoms with Crippen LogP contribution in [0, 0.1) is 6.92 Å². The summed E-state index contributed by atoms with van der Waals surface area (Å²) in [7, 11) is 1.79. The molecule has 0 bridgehead atoms. The zero-order chi connectivity index (χ0) is 14.1. The van der Waals surface area contributed by atoms with Crippen molar-refractivity contribution in [1.29, 1.82) is 0 Å². The van der Waals surface area contributed by atoms with Gasteiger partial charge in [-0.1, -0.05) is 13.8 Å². The lowest BCUT2D eigenvalue weighted by molar-refractivity contribution is 0.308. The lowest BCUT2D eigenvalue weighted by Crippen LogP contribution is -2.41. The second-order valence-electron chi connectivity index (χ2n) is 4.24. The van der Waals surface area contributed by atoms with E-state index in [2.05, 4.69) is 46.3 Å². The minimum Gasteiger partial charge on any atom is -0.355 e. The number of aryl methyl sites for hydroxylation is 1. The van der Waals surface area contributed by atoms with Gasteiger partial charge in [0.25, 0.3) is 0 Å². The van der Waals surface area contributed by atoms with Crippen LogP contribution in [0.2, 0.25) is 0 Å². The molecule has 1 heterocycles. The Bertz CT molecular complexity index is 384. The molecule has 0 radical (unpaired) electrons. The second-order valence-corrected chi connectivity index (χ2v) is 5.56. The summed E-state index contributed by atoms with van der Waals surface area (Å²) in [4.78, 5) is 12.1. The average molecular weight is 283 g/mol. The van der Waals surface area contributed by atoms with Crippen LogP contribution in [-0.4, -0.2) is 49.1 Å². The predicted molar refractivity (Wildman–Crippen MR) is 82.8 cm³/mol. The van der Waals surface area contributed by atoms with E-state index >= 15 is 0 Å². The zero-order valence-electron chi connectivity index (χ0n) is 12.4. The molecule has 0 saturated heterocycles. The van der Waals surface area contributed by atoms with Gasteiger partial charge in [0.2, 0.25) is 0 Å². The molecule has 6 heteroatoms. The molecule has 0 aliphatic rings. The molecule has 1 rings (SSSR count). The highest BCUT2D eigenvalue weighted by atomic mass is 32.1. The van der Waals surface area contributed by atoms with Crippen LogP contribution in [0.4, 0.5) is 0 Å². The van der Waals surface area contributed by atoms with Gasteiger partial charge in [0.1, 0.15) is 5.01 Å². The van der Waals surface area contributed by atoms with Gasteiger partial charge in [0, 0.05) is 31.2 Å². The quantitative estimate of drug-likeness (QED) is 0.587. The maximum atomic E-state index is 4.32. The van der Waals surface area contributed by atoms with E-state index in [-0.39, 0.29) is 0 Å². The topological polar surface area (TPSA) is 52.5 Å². The fourth-order valence-electron chi connectivity index (χ4n) is 1.74. The van der Waals surface area contributed by atoms with Crippen LogP contribution < -0.4 is 10.6 Å². The number of likely N-dealkylation sites (N-methyl/N-ethyl adjacent to an activating group) is 1. The standard InChI is InChI=1S/C13H25N5S/c1-5-18(6-2)8-7-15-13(14-4)17-10-12-16-9-11(3)19-12/h9H,5-8,10H2,1-4H3,(H2,14,15,17). The molecule has 0 saturated carbocycles. The maximum absolute atomic E-state index is 4.32. The Morgan fingerprint density at radius 3 is 2.63 bits per heavy atom. The normalized spacial score (nSPS) is 11.9. The molecule has 0 aromatic carbocycles. The van der Waals surface area contributed by atoms with Gasteiger partial charge < -0.3 is 15.5 Å². The van der Waals surface area contributed by atoms with E-state index in [1.165, 1.54) is 4.88 Å². The summed E-state index contributed by atoms with van der Waals surface area (Å²) in [5, 5.41) is 7.68. The highest BCUT2D eigenvalue weighted by molar-refractivity contribution is 7.11. The van der Waals surface area contributed by atoms with Crippen LogP contribution >= 0.6 is 11.3 Å². The van der Waals surface area contributed by atoms with Crippen LogP contribution in [0.15, 0.2) is 11.2 Å². The fraction of sp³-hybridized carbons (Fsp3) is 0.692. The first-order valence-electron chi connectivity index (χ1n) is 6.77. The van der Waals surface area contributed by atoms with E-state index in [4.69, 9.17) is 0 Å². The third-order valence-electron chi connectivity index (χ3n) is 2.91. The number of guanidine groups is 1. The third kappa shape index (κ3) is 6.02. The van der Waals surface area contributed by atoms with Gasteiger partial charge in [-0.15, -0.1) is 11.3 Å². The van der Waals surface area contributed by atoms with Crippen molar-refractivity contribution in [3.8, 4) is 0 Å². The summed E-state index contributed by atoms with van der Waals surface area (Å²) in [6.45, 7) is 11.3. The molecule has 19 heavy (non-hydrogen) atoms. The highest BCUT2D eigenvalue weighted by Crippen LogP contribution is 2.10. The molecular formula is C13H25N5S. The molecule has 1 aromatic rings. The molecule has 0 fully saturated rings. The number of hydrogen-bond donors (Lipinski definition) is 2. The Hall–Kier alpha value is -1.14. The van der Waals surface area contributed by atoms with E-state index < -0.39 is 0 Å². The second kappa shape index (κ2) is 8.87. The van der Waals surface area contributed by atoms with E-state index in [1.54, 1.807) is 18.4 Å². The zero-order valence-corrected chi connectivity index (χ0v) is 13.2. The average Bonchev–Trinajstić information content (AvgIpc) is 2.84. The number of nitrogens with zero attached hydrogens (tertiary/aromatic N) is 3. The van der Waals surface area contributed by atoms with Gasteiger partial charge in [0.15, 0.2) is 5.96 Å². The summed E-state index contributed by atoms with van der Waals surface area (Å²) in [5.41, 5.74) is 0. The lowest BCUT2D eigenvalue weighted by Gasteiger charge is -2.19. The summed E-state index contributed by atoms with van der Waals surface area (Å²) in [6.07, 6.45) is 1.90. The summed E-state index contributed by atoms with van der Waals surface area (Å²) < 4.78 is 0. The lowest BCUT2D eigenvalue weighted by atomic mass is 10.4. The van der Waals surface area contributed by atoms with Crippen molar-refractivity contribution in [3.05, 3.63) is 16.1 Å². The predicted octanol–water partition coefficient (Wildman–Crippen LogP) is 1.46. The van der Waals surface area contributed by atoms with Crippen molar-refractivity contribution >= 4 is 17.3 Å². The van der Waals surface area contributed by atoms with E-state index in [9.17, 15) is 0 Å². The molecule has 0 atom stereocenters. The van der Waals surface area contributed by atoms with Gasteiger partial charge in [0.05, 0.1) is 6.54 Å². The molecule has 0 aliphatic carbocycles. The van der Waals surface area contributed by atoms with Crippen LogP contribution in [0.25, 0.3) is 0 Å². The van der Waals surface area contributed by atoms with E-state index in [1.807, 2.05) is 6.20 Å². The van der Waals surface area contributed by atoms with Crippen LogP contribution in [0.1, 0.15) is 23.7 Å². The Balaban J connectivity index is 2.26. The van der Waals surface area contributed by atoms with Crippen molar-refractivity contribution in [3.63, 3.8) is 0 Å². The Morgan fingerprint density at radius 2 is 2.11 bits per heavy atom. The first kappa shape index (κ1) is 15.9. The van der Waals surface area contributed by atoms with Crippen molar-refractivity contribution in [2.24, 2.45) is 4.99 Å². The van der Waals surface area contributed by atoms with Crippen LogP contribution in [-0.2, 0) is 6.54 Å². The van der Waals surface area contributed by atoms with Crippen molar-refractivity contribution in [2.45, 2.75) is 27.3 Å². The molecule has 0 spiro atoms. The summed E-state index contributed by atoms with van der Waals surface area (Å²) >= 11 is 1.71. The number of thiazole rings is 1. The third-order valence-corrected chi connectivity index (χ3v) is 3.83. The molecule has 2 N–H and O–H groups in total. The molecule has 1 aromatic heterocycles. The van der Waals surface area contributed by atoms with Gasteiger partial charge in [-0.05, 0) is 20.0 Å². The minimum absolute atomic E-state index is 0.726. The first-order chi connectivity index (χ1) is 9.19. The monoisotopic (exact) mass is 283 g/mol. The molecule has 0 aliphatic heterocycles. The Labute approximate surface area is 120 Å². The Morgan fingerprint density at radius 1 is 1.37 bits per heavy atom. The number of nitrogens with one attached hydrogen (secondary N) is 2.